The number of likely N-dealkylation sites (tertiary alicyclic amines) is 1. The Labute approximate surface area is 142 Å². The number of carbonyl (C=O) groups is 1. The maximum Gasteiger partial charge on any atom is 0.220 e. The molecule has 5 heteroatoms. The number of hydrogen-bond donors (Lipinski definition) is 1. The monoisotopic (exact) mass is 324 g/mol. The lowest BCUT2D eigenvalue weighted by atomic mass is 9.77. The lowest BCUT2D eigenvalue weighted by Crippen LogP contribution is -2.41. The second-order valence-electron chi connectivity index (χ2n) is 7.29. The third kappa shape index (κ3) is 2.96. The van der Waals surface area contributed by atoms with Crippen molar-refractivity contribution in [1.82, 2.24) is 19.8 Å². The molecule has 1 amide bonds. The zero-order valence-corrected chi connectivity index (χ0v) is 14.2. The highest BCUT2D eigenvalue weighted by Gasteiger charge is 2.40. The third-order valence-electron chi connectivity index (χ3n) is 5.48. The molecule has 0 atom stereocenters. The van der Waals surface area contributed by atoms with Crippen molar-refractivity contribution in [3.05, 3.63) is 47.9 Å². The first-order valence-corrected chi connectivity index (χ1v) is 8.72. The topological polar surface area (TPSA) is 50.2 Å². The van der Waals surface area contributed by atoms with Crippen LogP contribution in [0.5, 0.6) is 0 Å². The summed E-state index contributed by atoms with van der Waals surface area (Å²) < 4.78 is 2.18. The second kappa shape index (κ2) is 6.06. The molecule has 1 spiro atoms. The van der Waals surface area contributed by atoms with Gasteiger partial charge in [-0.2, -0.15) is 0 Å². The number of hydrogen-bond acceptors (Lipinski definition) is 3. The van der Waals surface area contributed by atoms with Gasteiger partial charge in [0.1, 0.15) is 5.82 Å². The molecular formula is C19H24N4O. The molecule has 0 aliphatic carbocycles. The Balaban J connectivity index is 1.44. The fourth-order valence-electron chi connectivity index (χ4n) is 3.94. The summed E-state index contributed by atoms with van der Waals surface area (Å²) in [6.07, 6.45) is 6.88. The van der Waals surface area contributed by atoms with E-state index in [2.05, 4.69) is 51.1 Å². The van der Waals surface area contributed by atoms with Crippen molar-refractivity contribution in [2.45, 2.75) is 32.7 Å². The Morgan fingerprint density at radius 3 is 2.83 bits per heavy atom. The number of piperidine rings is 1. The summed E-state index contributed by atoms with van der Waals surface area (Å²) in [5.41, 5.74) is 2.70. The van der Waals surface area contributed by atoms with Gasteiger partial charge in [-0.05, 0) is 68.1 Å². The highest BCUT2D eigenvalue weighted by atomic mass is 16.1. The predicted octanol–water partition coefficient (Wildman–Crippen LogP) is 2.28. The summed E-state index contributed by atoms with van der Waals surface area (Å²) in [5, 5.41) is 3.01. The van der Waals surface area contributed by atoms with E-state index in [9.17, 15) is 4.79 Å². The molecule has 0 saturated carbocycles. The van der Waals surface area contributed by atoms with Gasteiger partial charge >= 0.3 is 0 Å². The number of rotatable bonds is 3. The average molecular weight is 324 g/mol. The Morgan fingerprint density at radius 2 is 2.12 bits per heavy atom. The van der Waals surface area contributed by atoms with Gasteiger partial charge in [-0.15, -0.1) is 0 Å². The van der Waals surface area contributed by atoms with E-state index in [0.29, 0.717) is 6.42 Å². The molecule has 2 saturated heterocycles. The van der Waals surface area contributed by atoms with Gasteiger partial charge < -0.3 is 9.88 Å². The van der Waals surface area contributed by atoms with Crippen molar-refractivity contribution >= 4 is 5.91 Å². The van der Waals surface area contributed by atoms with Crippen LogP contribution in [0.3, 0.4) is 0 Å². The van der Waals surface area contributed by atoms with E-state index in [1.54, 1.807) is 0 Å². The number of amides is 1. The van der Waals surface area contributed by atoms with Crippen molar-refractivity contribution in [2.24, 2.45) is 5.41 Å². The summed E-state index contributed by atoms with van der Waals surface area (Å²) in [4.78, 5) is 18.5. The molecule has 5 nitrogen and oxygen atoms in total. The second-order valence-corrected chi connectivity index (χ2v) is 7.29. The molecule has 2 aliphatic rings. The fourth-order valence-corrected chi connectivity index (χ4v) is 3.94. The zero-order valence-electron chi connectivity index (χ0n) is 14.2. The van der Waals surface area contributed by atoms with E-state index in [1.165, 1.54) is 11.3 Å². The summed E-state index contributed by atoms with van der Waals surface area (Å²) in [6, 6.07) is 8.40. The van der Waals surface area contributed by atoms with Crippen LogP contribution in [0.2, 0.25) is 0 Å². The Bertz CT molecular complexity index is 743. The lowest BCUT2D eigenvalue weighted by Gasteiger charge is -2.38. The minimum absolute atomic E-state index is 0.216. The molecular weight excluding hydrogens is 300 g/mol. The molecule has 1 N–H and O–H groups in total. The predicted molar refractivity (Wildman–Crippen MR) is 92.9 cm³/mol. The molecule has 2 aliphatic heterocycles. The molecule has 2 fully saturated rings. The Hall–Kier alpha value is -2.14. The number of carbonyl (C=O) groups excluding carboxylic acids is 1. The van der Waals surface area contributed by atoms with Gasteiger partial charge in [-0.3, -0.25) is 9.69 Å². The molecule has 2 aromatic heterocycles. The van der Waals surface area contributed by atoms with Gasteiger partial charge in [-0.1, -0.05) is 0 Å². The molecule has 0 bridgehead atoms. The maximum atomic E-state index is 11.5. The number of aromatic nitrogens is 2. The molecule has 4 heterocycles. The van der Waals surface area contributed by atoms with Crippen LogP contribution < -0.4 is 5.32 Å². The van der Waals surface area contributed by atoms with Gasteiger partial charge in [0.15, 0.2) is 0 Å². The Morgan fingerprint density at radius 1 is 1.29 bits per heavy atom. The first-order valence-electron chi connectivity index (χ1n) is 8.72. The minimum Gasteiger partial charge on any atom is -0.356 e. The summed E-state index contributed by atoms with van der Waals surface area (Å²) >= 11 is 0. The van der Waals surface area contributed by atoms with Crippen LogP contribution in [-0.4, -0.2) is 40.0 Å². The van der Waals surface area contributed by atoms with Crippen LogP contribution in [0, 0.1) is 12.3 Å². The van der Waals surface area contributed by atoms with E-state index in [0.717, 1.165) is 44.8 Å². The van der Waals surface area contributed by atoms with Crippen LogP contribution >= 0.6 is 0 Å². The minimum atomic E-state index is 0.216. The highest BCUT2D eigenvalue weighted by molar-refractivity contribution is 5.79. The molecule has 126 valence electrons. The number of pyridine rings is 1. The van der Waals surface area contributed by atoms with Crippen molar-refractivity contribution in [2.75, 3.05) is 19.6 Å². The van der Waals surface area contributed by atoms with E-state index in [-0.39, 0.29) is 11.3 Å². The van der Waals surface area contributed by atoms with Crippen LogP contribution in [0.1, 0.15) is 30.5 Å². The van der Waals surface area contributed by atoms with E-state index < -0.39 is 0 Å². The molecule has 24 heavy (non-hydrogen) atoms. The van der Waals surface area contributed by atoms with E-state index in [1.807, 2.05) is 12.3 Å². The van der Waals surface area contributed by atoms with E-state index in [4.69, 9.17) is 0 Å². The van der Waals surface area contributed by atoms with Gasteiger partial charge in [0.25, 0.3) is 0 Å². The van der Waals surface area contributed by atoms with Crippen molar-refractivity contribution in [3.63, 3.8) is 0 Å². The number of nitrogens with one attached hydrogen (secondary N) is 1. The SMILES string of the molecule is Cc1ccnc(-n2cccc2CN2CCC3(CC2)CNC(=O)C3)c1. The quantitative estimate of drug-likeness (QED) is 0.942. The third-order valence-corrected chi connectivity index (χ3v) is 5.48. The molecule has 4 rings (SSSR count). The van der Waals surface area contributed by atoms with Gasteiger partial charge in [-0.25, -0.2) is 4.98 Å². The molecule has 0 aromatic carbocycles. The first kappa shape index (κ1) is 15.4. The van der Waals surface area contributed by atoms with Crippen LogP contribution in [0.25, 0.3) is 5.82 Å². The number of aryl methyl sites for hydroxylation is 1. The van der Waals surface area contributed by atoms with Gasteiger partial charge in [0.2, 0.25) is 5.91 Å². The van der Waals surface area contributed by atoms with Crippen LogP contribution in [0.4, 0.5) is 0 Å². The van der Waals surface area contributed by atoms with E-state index >= 15 is 0 Å². The Kier molecular flexibility index (Phi) is 3.88. The van der Waals surface area contributed by atoms with Gasteiger partial charge in [0.05, 0.1) is 0 Å². The summed E-state index contributed by atoms with van der Waals surface area (Å²) in [5.74, 6) is 1.21. The maximum absolute atomic E-state index is 11.5. The van der Waals surface area contributed by atoms with Crippen molar-refractivity contribution < 1.29 is 4.79 Å². The average Bonchev–Trinajstić information content (AvgIpc) is 3.17. The highest BCUT2D eigenvalue weighted by Crippen LogP contribution is 2.37. The van der Waals surface area contributed by atoms with Crippen LogP contribution in [-0.2, 0) is 11.3 Å². The normalized spacial score (nSPS) is 20.5. The number of nitrogens with zero attached hydrogens (tertiary/aromatic N) is 3. The molecule has 0 unspecified atom stereocenters. The first-order chi connectivity index (χ1) is 11.6. The van der Waals surface area contributed by atoms with Crippen LogP contribution in [0.15, 0.2) is 36.7 Å². The smallest absolute Gasteiger partial charge is 0.220 e. The van der Waals surface area contributed by atoms with Crippen molar-refractivity contribution in [1.29, 1.82) is 0 Å². The molecule has 0 radical (unpaired) electrons. The zero-order chi connectivity index (χ0) is 16.6. The van der Waals surface area contributed by atoms with Gasteiger partial charge in [0, 0.05) is 37.6 Å². The van der Waals surface area contributed by atoms with Crippen molar-refractivity contribution in [3.8, 4) is 5.82 Å². The summed E-state index contributed by atoms with van der Waals surface area (Å²) in [7, 11) is 0. The molecule has 2 aromatic rings. The summed E-state index contributed by atoms with van der Waals surface area (Å²) in [6.45, 7) is 6.00. The lowest BCUT2D eigenvalue weighted by molar-refractivity contribution is -0.119. The fraction of sp³-hybridized carbons (Fsp3) is 0.474. The largest absolute Gasteiger partial charge is 0.356 e. The standard InChI is InChI=1S/C19H24N4O/c1-15-4-7-20-17(11-15)23-8-2-3-16(23)13-22-9-5-19(6-10-22)12-18(24)21-14-19/h2-4,7-8,11H,5-6,9-10,12-14H2,1H3,(H,21,24).